The van der Waals surface area contributed by atoms with Gasteiger partial charge in [0, 0.05) is 31.6 Å². The number of carbonyl (C=O) groups is 2. The molecule has 2 amide bonds. The summed E-state index contributed by atoms with van der Waals surface area (Å²) in [5.74, 6) is -0.522. The topological polar surface area (TPSA) is 122 Å². The molecule has 10 heteroatoms. The van der Waals surface area contributed by atoms with E-state index in [2.05, 4.69) is 4.40 Å². The zero-order chi connectivity index (χ0) is 20.5. The van der Waals surface area contributed by atoms with Crippen molar-refractivity contribution < 1.29 is 22.7 Å². The van der Waals surface area contributed by atoms with Crippen LogP contribution in [0, 0.1) is 5.92 Å². The van der Waals surface area contributed by atoms with Gasteiger partial charge in [0.2, 0.25) is 5.91 Å². The number of allylic oxidation sites excluding steroid dienone is 1. The molecule has 1 aromatic rings. The molecular formula is C18H22N4O5S. The summed E-state index contributed by atoms with van der Waals surface area (Å²) in [7, 11) is -1.25. The number of methoxy groups -OCH3 is 1. The lowest BCUT2D eigenvalue weighted by Crippen LogP contribution is -2.45. The highest BCUT2D eigenvalue weighted by molar-refractivity contribution is 7.88. The van der Waals surface area contributed by atoms with Gasteiger partial charge in [0.05, 0.1) is 12.8 Å². The van der Waals surface area contributed by atoms with Gasteiger partial charge in [0.15, 0.2) is 0 Å². The molecule has 150 valence electrons. The van der Waals surface area contributed by atoms with Crippen LogP contribution in [0.3, 0.4) is 0 Å². The van der Waals surface area contributed by atoms with Gasteiger partial charge in [-0.25, -0.2) is 4.31 Å². The van der Waals surface area contributed by atoms with Gasteiger partial charge in [0.25, 0.3) is 5.91 Å². The third kappa shape index (κ3) is 3.86. The van der Waals surface area contributed by atoms with Crippen molar-refractivity contribution in [3.8, 4) is 5.75 Å². The number of likely N-dealkylation sites (tertiary alicyclic amines) is 1. The number of hydrogen-bond donors (Lipinski definition) is 1. The molecule has 0 spiro atoms. The monoisotopic (exact) mass is 406 g/mol. The minimum atomic E-state index is -4.04. The first-order valence-corrected chi connectivity index (χ1v) is 10.2. The van der Waals surface area contributed by atoms with Crippen molar-refractivity contribution in [1.82, 2.24) is 9.21 Å². The van der Waals surface area contributed by atoms with E-state index in [9.17, 15) is 18.0 Å². The molecule has 28 heavy (non-hydrogen) atoms. The van der Waals surface area contributed by atoms with Crippen molar-refractivity contribution in [2.24, 2.45) is 16.0 Å². The molecule has 2 aliphatic rings. The van der Waals surface area contributed by atoms with E-state index < -0.39 is 16.1 Å². The average Bonchev–Trinajstić information content (AvgIpc) is 2.69. The molecular weight excluding hydrogens is 384 g/mol. The fraction of sp³-hybridized carbons (Fsp3) is 0.389. The SMILES string of the molecule is COc1cccc(C2=NS(=O)(=O)N(C)C(C(=O)N3CCC(C(N)=O)CC3)=C2)c1. The number of nitrogens with zero attached hydrogens (tertiary/aromatic N) is 3. The van der Waals surface area contributed by atoms with Crippen LogP contribution in [0.25, 0.3) is 0 Å². The number of primary amides is 1. The van der Waals surface area contributed by atoms with E-state index in [4.69, 9.17) is 10.5 Å². The highest BCUT2D eigenvalue weighted by Crippen LogP contribution is 2.25. The summed E-state index contributed by atoms with van der Waals surface area (Å²) in [6.07, 6.45) is 2.38. The van der Waals surface area contributed by atoms with E-state index in [0.29, 0.717) is 37.2 Å². The summed E-state index contributed by atoms with van der Waals surface area (Å²) in [5, 5.41) is 0. The molecule has 2 heterocycles. The van der Waals surface area contributed by atoms with Crippen molar-refractivity contribution in [2.45, 2.75) is 12.8 Å². The Kier molecular flexibility index (Phi) is 5.41. The molecule has 0 unspecified atom stereocenters. The van der Waals surface area contributed by atoms with Crippen molar-refractivity contribution in [2.75, 3.05) is 27.2 Å². The largest absolute Gasteiger partial charge is 0.497 e. The Morgan fingerprint density at radius 3 is 2.54 bits per heavy atom. The van der Waals surface area contributed by atoms with Crippen LogP contribution in [0.2, 0.25) is 0 Å². The predicted octanol–water partition coefficient (Wildman–Crippen LogP) is 0.282. The summed E-state index contributed by atoms with van der Waals surface area (Å²) < 4.78 is 34.8. The molecule has 0 aliphatic carbocycles. The summed E-state index contributed by atoms with van der Waals surface area (Å²) in [4.78, 5) is 25.8. The zero-order valence-electron chi connectivity index (χ0n) is 15.7. The number of rotatable bonds is 4. The lowest BCUT2D eigenvalue weighted by atomic mass is 9.96. The third-order valence-electron chi connectivity index (χ3n) is 4.94. The summed E-state index contributed by atoms with van der Waals surface area (Å²) >= 11 is 0. The number of hydrogen-bond acceptors (Lipinski definition) is 5. The highest BCUT2D eigenvalue weighted by Gasteiger charge is 2.34. The van der Waals surface area contributed by atoms with E-state index in [0.717, 1.165) is 4.31 Å². The van der Waals surface area contributed by atoms with Crippen molar-refractivity contribution in [3.63, 3.8) is 0 Å². The van der Waals surface area contributed by atoms with E-state index in [1.807, 2.05) is 0 Å². The number of benzene rings is 1. The first-order chi connectivity index (χ1) is 13.2. The third-order valence-corrected chi connectivity index (χ3v) is 6.26. The quantitative estimate of drug-likeness (QED) is 0.770. The Bertz CT molecular complexity index is 962. The molecule has 2 aliphatic heterocycles. The Balaban J connectivity index is 1.91. The fourth-order valence-electron chi connectivity index (χ4n) is 3.20. The van der Waals surface area contributed by atoms with Gasteiger partial charge in [-0.05, 0) is 31.1 Å². The zero-order valence-corrected chi connectivity index (χ0v) is 16.5. The summed E-state index contributed by atoms with van der Waals surface area (Å²) in [6.45, 7) is 0.673. The maximum Gasteiger partial charge on any atom is 0.345 e. The van der Waals surface area contributed by atoms with Gasteiger partial charge < -0.3 is 15.4 Å². The van der Waals surface area contributed by atoms with Gasteiger partial charge in [-0.1, -0.05) is 12.1 Å². The van der Waals surface area contributed by atoms with Crippen molar-refractivity contribution >= 4 is 27.7 Å². The maximum absolute atomic E-state index is 13.0. The molecule has 0 aromatic heterocycles. The van der Waals surface area contributed by atoms with E-state index in [1.165, 1.54) is 25.1 Å². The standard InChI is InChI=1S/C18H22N4O5S/c1-21-16(18(24)22-8-6-12(7-9-22)17(19)23)11-15(20-28(21,25)26)13-4-3-5-14(10-13)27-2/h3-5,10-12H,6-9H2,1-2H3,(H2,19,23). The second-order valence-electron chi connectivity index (χ2n) is 6.65. The first-order valence-electron chi connectivity index (χ1n) is 8.76. The maximum atomic E-state index is 13.0. The number of carbonyl (C=O) groups excluding carboxylic acids is 2. The predicted molar refractivity (Wildman–Crippen MR) is 103 cm³/mol. The Hall–Kier alpha value is -2.88. The Morgan fingerprint density at radius 1 is 1.25 bits per heavy atom. The van der Waals surface area contributed by atoms with Gasteiger partial charge >= 0.3 is 10.2 Å². The number of ether oxygens (including phenoxy) is 1. The molecule has 1 fully saturated rings. The van der Waals surface area contributed by atoms with Crippen LogP contribution in [-0.2, 0) is 19.8 Å². The highest BCUT2D eigenvalue weighted by atomic mass is 32.2. The fourth-order valence-corrected chi connectivity index (χ4v) is 4.11. The molecule has 9 nitrogen and oxygen atoms in total. The van der Waals surface area contributed by atoms with Crippen LogP contribution in [0.4, 0.5) is 0 Å². The Labute approximate surface area is 163 Å². The number of amides is 2. The smallest absolute Gasteiger partial charge is 0.345 e. The van der Waals surface area contributed by atoms with Crippen molar-refractivity contribution in [3.05, 3.63) is 41.6 Å². The average molecular weight is 406 g/mol. The van der Waals surface area contributed by atoms with E-state index in [-0.39, 0.29) is 23.2 Å². The number of nitrogens with two attached hydrogens (primary N) is 1. The normalized spacial score (nSPS) is 19.6. The summed E-state index contributed by atoms with van der Waals surface area (Å²) in [5.41, 5.74) is 6.01. The second kappa shape index (κ2) is 7.63. The lowest BCUT2D eigenvalue weighted by molar-refractivity contribution is -0.132. The van der Waals surface area contributed by atoms with Gasteiger partial charge in [-0.3, -0.25) is 9.59 Å². The van der Waals surface area contributed by atoms with Crippen LogP contribution >= 0.6 is 0 Å². The molecule has 3 rings (SSSR count). The number of piperidine rings is 1. The number of likely N-dealkylation sites (N-methyl/N-ethyl adjacent to an activating group) is 1. The molecule has 1 saturated heterocycles. The van der Waals surface area contributed by atoms with E-state index >= 15 is 0 Å². The Morgan fingerprint density at radius 2 is 1.93 bits per heavy atom. The van der Waals surface area contributed by atoms with Crippen molar-refractivity contribution in [1.29, 1.82) is 0 Å². The molecule has 0 atom stereocenters. The summed E-state index contributed by atoms with van der Waals surface area (Å²) in [6, 6.07) is 6.79. The minimum absolute atomic E-state index is 0.00495. The minimum Gasteiger partial charge on any atom is -0.497 e. The molecule has 0 bridgehead atoms. The second-order valence-corrected chi connectivity index (χ2v) is 8.28. The van der Waals surface area contributed by atoms with Crippen LogP contribution < -0.4 is 10.5 Å². The first kappa shape index (κ1) is 19.9. The van der Waals surface area contributed by atoms with Crippen LogP contribution in [0.15, 0.2) is 40.4 Å². The van der Waals surface area contributed by atoms with Gasteiger partial charge in [-0.2, -0.15) is 8.42 Å². The van der Waals surface area contributed by atoms with E-state index in [1.54, 1.807) is 24.3 Å². The lowest BCUT2D eigenvalue weighted by Gasteiger charge is -2.33. The van der Waals surface area contributed by atoms with Crippen LogP contribution in [0.5, 0.6) is 5.75 Å². The van der Waals surface area contributed by atoms with Crippen LogP contribution in [-0.4, -0.2) is 62.4 Å². The molecule has 1 aromatic carbocycles. The molecule has 2 N–H and O–H groups in total. The molecule has 0 radical (unpaired) electrons. The van der Waals surface area contributed by atoms with Gasteiger partial charge in [0.1, 0.15) is 11.4 Å². The molecule has 0 saturated carbocycles. The van der Waals surface area contributed by atoms with Gasteiger partial charge in [-0.15, -0.1) is 4.40 Å². The van der Waals surface area contributed by atoms with Crippen LogP contribution in [0.1, 0.15) is 18.4 Å².